The summed E-state index contributed by atoms with van der Waals surface area (Å²) < 4.78 is 32.6. The van der Waals surface area contributed by atoms with Crippen molar-refractivity contribution < 1.29 is 37.6 Å². The molecule has 9 nitrogen and oxygen atoms in total. The van der Waals surface area contributed by atoms with Gasteiger partial charge in [-0.25, -0.2) is 4.57 Å². The summed E-state index contributed by atoms with van der Waals surface area (Å²) in [6.07, 6.45) is 52.7. The Morgan fingerprint density at radius 3 is 1.44 bits per heavy atom. The molecule has 0 aromatic heterocycles. The summed E-state index contributed by atoms with van der Waals surface area (Å²) in [4.78, 5) is 34.8. The largest absolute Gasteiger partial charge is 0.472 e. The van der Waals surface area contributed by atoms with Crippen LogP contribution in [0.15, 0.2) is 109 Å². The highest BCUT2D eigenvalue weighted by Gasteiger charge is 2.25. The predicted octanol–water partition coefficient (Wildman–Crippen LogP) is 11.6. The number of phosphoric ester groups is 1. The predicted molar refractivity (Wildman–Crippen MR) is 228 cm³/mol. The van der Waals surface area contributed by atoms with Crippen LogP contribution < -0.4 is 5.73 Å². The van der Waals surface area contributed by atoms with Gasteiger partial charge < -0.3 is 20.1 Å². The molecule has 0 radical (unpaired) electrons. The molecular formula is C45H72NO8P. The molecular weight excluding hydrogens is 713 g/mol. The molecule has 10 heteroatoms. The lowest BCUT2D eigenvalue weighted by molar-refractivity contribution is -0.161. The molecule has 310 valence electrons. The van der Waals surface area contributed by atoms with Crippen LogP contribution in [-0.2, 0) is 32.7 Å². The minimum atomic E-state index is -4.40. The second-order valence-corrected chi connectivity index (χ2v) is 14.2. The van der Waals surface area contributed by atoms with Gasteiger partial charge in [0.1, 0.15) is 6.61 Å². The number of phosphoric acid groups is 1. The van der Waals surface area contributed by atoms with Crippen molar-refractivity contribution in [3.05, 3.63) is 109 Å². The minimum absolute atomic E-state index is 0.0347. The minimum Gasteiger partial charge on any atom is -0.462 e. The zero-order valence-corrected chi connectivity index (χ0v) is 34.7. The molecule has 2 unspecified atom stereocenters. The lowest BCUT2D eigenvalue weighted by Gasteiger charge is -2.19. The number of rotatable bonds is 36. The Balaban J connectivity index is 4.36. The van der Waals surface area contributed by atoms with Crippen LogP contribution in [0.3, 0.4) is 0 Å². The maximum absolute atomic E-state index is 12.6. The number of unbranched alkanes of at least 4 members (excludes halogenated alkanes) is 5. The molecule has 0 aliphatic rings. The molecule has 0 aliphatic carbocycles. The number of hydrogen-bond donors (Lipinski definition) is 2. The Hall–Kier alpha value is -3.33. The molecule has 3 N–H and O–H groups in total. The Kier molecular flexibility index (Phi) is 37.9. The first kappa shape index (κ1) is 51.7. The maximum Gasteiger partial charge on any atom is 0.472 e. The number of carbonyl (C=O) groups is 2. The molecule has 0 heterocycles. The molecule has 0 spiro atoms. The average molecular weight is 786 g/mol. The quantitative estimate of drug-likeness (QED) is 0.0275. The topological polar surface area (TPSA) is 134 Å². The lowest BCUT2D eigenvalue weighted by Crippen LogP contribution is -2.29. The number of allylic oxidation sites excluding steroid dienone is 18. The van der Waals surface area contributed by atoms with Crippen molar-refractivity contribution in [2.45, 2.75) is 136 Å². The lowest BCUT2D eigenvalue weighted by atomic mass is 10.1. The Morgan fingerprint density at radius 1 is 0.545 bits per heavy atom. The van der Waals surface area contributed by atoms with Crippen LogP contribution >= 0.6 is 7.82 Å². The van der Waals surface area contributed by atoms with E-state index in [2.05, 4.69) is 117 Å². The average Bonchev–Trinajstić information content (AvgIpc) is 3.17. The number of esters is 2. The van der Waals surface area contributed by atoms with Gasteiger partial charge in [0, 0.05) is 19.4 Å². The summed E-state index contributed by atoms with van der Waals surface area (Å²) in [5, 5.41) is 0. The van der Waals surface area contributed by atoms with Crippen molar-refractivity contribution in [3.63, 3.8) is 0 Å². The van der Waals surface area contributed by atoms with E-state index in [-0.39, 0.29) is 32.6 Å². The third-order valence-electron chi connectivity index (χ3n) is 7.65. The molecule has 0 saturated carbocycles. The Morgan fingerprint density at radius 2 is 0.964 bits per heavy atom. The van der Waals surface area contributed by atoms with E-state index in [0.29, 0.717) is 12.8 Å². The normalized spacial score (nSPS) is 14.5. The summed E-state index contributed by atoms with van der Waals surface area (Å²) in [5.41, 5.74) is 5.33. The highest BCUT2D eigenvalue weighted by molar-refractivity contribution is 7.47. The number of nitrogens with two attached hydrogens (primary N) is 1. The Bertz CT molecular complexity index is 1260. The van der Waals surface area contributed by atoms with Crippen LogP contribution in [0.1, 0.15) is 129 Å². The van der Waals surface area contributed by atoms with Crippen LogP contribution in [0.2, 0.25) is 0 Å². The van der Waals surface area contributed by atoms with Gasteiger partial charge >= 0.3 is 19.8 Å². The van der Waals surface area contributed by atoms with E-state index >= 15 is 0 Å². The Labute approximate surface area is 333 Å². The van der Waals surface area contributed by atoms with Crippen molar-refractivity contribution in [3.8, 4) is 0 Å². The van der Waals surface area contributed by atoms with Crippen molar-refractivity contribution in [1.82, 2.24) is 0 Å². The summed E-state index contributed by atoms with van der Waals surface area (Å²) in [7, 11) is -4.40. The fraction of sp³-hybridized carbons (Fsp3) is 0.556. The van der Waals surface area contributed by atoms with Crippen LogP contribution in [0.5, 0.6) is 0 Å². The zero-order chi connectivity index (χ0) is 40.3. The van der Waals surface area contributed by atoms with Crippen molar-refractivity contribution in [2.75, 3.05) is 26.4 Å². The van der Waals surface area contributed by atoms with Crippen molar-refractivity contribution in [1.29, 1.82) is 0 Å². The van der Waals surface area contributed by atoms with Crippen LogP contribution in [0.25, 0.3) is 0 Å². The molecule has 0 aromatic rings. The molecule has 0 saturated heterocycles. The highest BCUT2D eigenvalue weighted by Crippen LogP contribution is 2.43. The molecule has 55 heavy (non-hydrogen) atoms. The first-order valence-corrected chi connectivity index (χ1v) is 21.9. The van der Waals surface area contributed by atoms with E-state index in [9.17, 15) is 19.0 Å². The smallest absolute Gasteiger partial charge is 0.462 e. The van der Waals surface area contributed by atoms with E-state index in [0.717, 1.165) is 89.9 Å². The number of ether oxygens (including phenoxy) is 2. The SMILES string of the molecule is CCC=CCC=CCC=CCC=CCC=CCCCC(=O)OCC(COP(=O)(O)OCCN)OC(=O)CCCCCCC=CCC=CCC=CCC=CCC. The van der Waals surface area contributed by atoms with Gasteiger partial charge in [-0.2, -0.15) is 0 Å². The van der Waals surface area contributed by atoms with E-state index < -0.39 is 32.5 Å². The van der Waals surface area contributed by atoms with Gasteiger partial charge in [-0.15, -0.1) is 0 Å². The van der Waals surface area contributed by atoms with Gasteiger partial charge in [-0.3, -0.25) is 18.6 Å². The molecule has 0 aliphatic heterocycles. The first-order chi connectivity index (χ1) is 26.8. The summed E-state index contributed by atoms with van der Waals surface area (Å²) in [6, 6.07) is 0. The second-order valence-electron chi connectivity index (χ2n) is 12.7. The molecule has 0 amide bonds. The van der Waals surface area contributed by atoms with Gasteiger partial charge in [0.25, 0.3) is 0 Å². The standard InChI is InChI=1S/C45H72NO8P/c1-3-5-7-9-11-13-15-17-19-21-23-25-27-29-31-33-35-37-44(47)51-41-43(42-53-55(49,50)52-40-39-46)54-45(48)38-36-34-32-30-28-26-24-22-20-18-16-14-12-10-8-6-4-2/h5-8,11-14,17-20,23-26,29,31,43H,3-4,9-10,15-16,21-22,27-28,30,32-42,46H2,1-2H3,(H,49,50). The number of carbonyl (C=O) groups excluding carboxylic acids is 2. The zero-order valence-electron chi connectivity index (χ0n) is 33.9. The van der Waals surface area contributed by atoms with Crippen LogP contribution in [0, 0.1) is 0 Å². The summed E-state index contributed by atoms with van der Waals surface area (Å²) in [6.45, 7) is 3.37. The third kappa shape index (κ3) is 40.2. The summed E-state index contributed by atoms with van der Waals surface area (Å²) >= 11 is 0. The van der Waals surface area contributed by atoms with Crippen molar-refractivity contribution in [2.24, 2.45) is 5.73 Å². The second kappa shape index (κ2) is 40.3. The van der Waals surface area contributed by atoms with Gasteiger partial charge in [0.2, 0.25) is 0 Å². The number of hydrogen-bond acceptors (Lipinski definition) is 8. The van der Waals surface area contributed by atoms with Gasteiger partial charge in [-0.1, -0.05) is 136 Å². The van der Waals surface area contributed by atoms with E-state index in [1.54, 1.807) is 0 Å². The molecule has 0 rings (SSSR count). The van der Waals surface area contributed by atoms with Gasteiger partial charge in [-0.05, 0) is 89.9 Å². The monoisotopic (exact) mass is 785 g/mol. The molecule has 0 fully saturated rings. The van der Waals surface area contributed by atoms with Crippen LogP contribution in [0.4, 0.5) is 0 Å². The van der Waals surface area contributed by atoms with Gasteiger partial charge in [0.05, 0.1) is 13.2 Å². The van der Waals surface area contributed by atoms with Crippen LogP contribution in [-0.4, -0.2) is 49.3 Å². The molecule has 0 bridgehead atoms. The highest BCUT2D eigenvalue weighted by atomic mass is 31.2. The van der Waals surface area contributed by atoms with E-state index in [1.165, 1.54) is 0 Å². The fourth-order valence-corrected chi connectivity index (χ4v) is 5.48. The third-order valence-corrected chi connectivity index (χ3v) is 8.64. The first-order valence-electron chi connectivity index (χ1n) is 20.4. The maximum atomic E-state index is 12.6. The fourth-order valence-electron chi connectivity index (χ4n) is 4.72. The molecule has 2 atom stereocenters. The molecule has 0 aromatic carbocycles. The summed E-state index contributed by atoms with van der Waals surface area (Å²) in [5.74, 6) is -0.939. The van der Waals surface area contributed by atoms with E-state index in [4.69, 9.17) is 24.3 Å². The van der Waals surface area contributed by atoms with Crippen molar-refractivity contribution >= 4 is 19.8 Å². The van der Waals surface area contributed by atoms with Gasteiger partial charge in [0.15, 0.2) is 6.10 Å². The van der Waals surface area contributed by atoms with E-state index in [1.807, 2.05) is 6.08 Å².